The van der Waals surface area contributed by atoms with E-state index in [1.807, 2.05) is 13.2 Å². The molecule has 0 aliphatic heterocycles. The molecule has 2 rings (SSSR count). The highest BCUT2D eigenvalue weighted by molar-refractivity contribution is 7.11. The molecule has 0 spiro atoms. The SMILES string of the molecule is CCc1cnc(CCNC(=NC)NCCCOC2CCCCC2)s1. The van der Waals surface area contributed by atoms with Gasteiger partial charge in [0.2, 0.25) is 0 Å². The summed E-state index contributed by atoms with van der Waals surface area (Å²) in [5.74, 6) is 0.861. The van der Waals surface area contributed by atoms with E-state index in [0.29, 0.717) is 6.10 Å². The van der Waals surface area contributed by atoms with Gasteiger partial charge in [-0.15, -0.1) is 11.3 Å². The van der Waals surface area contributed by atoms with Crippen molar-refractivity contribution in [2.24, 2.45) is 4.99 Å². The van der Waals surface area contributed by atoms with Crippen LogP contribution < -0.4 is 10.6 Å². The minimum atomic E-state index is 0.502. The van der Waals surface area contributed by atoms with Gasteiger partial charge in [-0.2, -0.15) is 0 Å². The molecule has 0 saturated heterocycles. The average Bonchev–Trinajstić information content (AvgIpc) is 3.09. The largest absolute Gasteiger partial charge is 0.378 e. The highest BCUT2D eigenvalue weighted by atomic mass is 32.1. The van der Waals surface area contributed by atoms with Crippen LogP contribution in [0.15, 0.2) is 11.2 Å². The Kier molecular flexibility index (Phi) is 9.13. The van der Waals surface area contributed by atoms with E-state index in [9.17, 15) is 0 Å². The molecule has 0 radical (unpaired) electrons. The Bertz CT molecular complexity index is 483. The van der Waals surface area contributed by atoms with Crippen molar-refractivity contribution in [3.8, 4) is 0 Å². The molecule has 1 aromatic heterocycles. The van der Waals surface area contributed by atoms with Crippen LogP contribution in [0.5, 0.6) is 0 Å². The third-order valence-electron chi connectivity index (χ3n) is 4.32. The molecule has 1 fully saturated rings. The fourth-order valence-electron chi connectivity index (χ4n) is 2.90. The number of nitrogens with zero attached hydrogens (tertiary/aromatic N) is 2. The summed E-state index contributed by atoms with van der Waals surface area (Å²) in [6.45, 7) is 4.76. The van der Waals surface area contributed by atoms with E-state index in [-0.39, 0.29) is 0 Å². The number of hydrogen-bond donors (Lipinski definition) is 2. The predicted molar refractivity (Wildman–Crippen MR) is 102 cm³/mol. The Balaban J connectivity index is 1.52. The highest BCUT2D eigenvalue weighted by Crippen LogP contribution is 2.20. The summed E-state index contributed by atoms with van der Waals surface area (Å²) in [5.41, 5.74) is 0. The molecule has 136 valence electrons. The van der Waals surface area contributed by atoms with Crippen LogP contribution in [0.4, 0.5) is 0 Å². The molecular weight excluding hydrogens is 320 g/mol. The number of guanidine groups is 1. The number of aryl methyl sites for hydroxylation is 1. The molecule has 6 heteroatoms. The van der Waals surface area contributed by atoms with Gasteiger partial charge in [0.25, 0.3) is 0 Å². The quantitative estimate of drug-likeness (QED) is 0.407. The first-order valence-corrected chi connectivity index (χ1v) is 10.1. The van der Waals surface area contributed by atoms with Crippen LogP contribution >= 0.6 is 11.3 Å². The Morgan fingerprint density at radius 1 is 1.29 bits per heavy atom. The van der Waals surface area contributed by atoms with E-state index < -0.39 is 0 Å². The van der Waals surface area contributed by atoms with Gasteiger partial charge in [0.05, 0.1) is 11.1 Å². The van der Waals surface area contributed by atoms with E-state index in [1.54, 1.807) is 11.3 Å². The Hall–Kier alpha value is -1.14. The van der Waals surface area contributed by atoms with Crippen molar-refractivity contribution >= 4 is 17.3 Å². The zero-order valence-corrected chi connectivity index (χ0v) is 16.0. The molecule has 1 saturated carbocycles. The zero-order valence-electron chi connectivity index (χ0n) is 15.1. The van der Waals surface area contributed by atoms with Crippen LogP contribution in [-0.4, -0.2) is 43.8 Å². The van der Waals surface area contributed by atoms with Crippen molar-refractivity contribution in [1.29, 1.82) is 0 Å². The van der Waals surface area contributed by atoms with Crippen molar-refractivity contribution in [2.75, 3.05) is 26.7 Å². The maximum atomic E-state index is 5.94. The maximum Gasteiger partial charge on any atom is 0.190 e. The molecule has 0 bridgehead atoms. The molecule has 0 unspecified atom stereocenters. The van der Waals surface area contributed by atoms with Crippen molar-refractivity contribution in [3.05, 3.63) is 16.1 Å². The minimum absolute atomic E-state index is 0.502. The lowest BCUT2D eigenvalue weighted by atomic mass is 9.98. The summed E-state index contributed by atoms with van der Waals surface area (Å²) in [6, 6.07) is 0. The molecule has 1 aliphatic carbocycles. The molecule has 0 atom stereocenters. The first-order chi connectivity index (χ1) is 11.8. The topological polar surface area (TPSA) is 58.5 Å². The van der Waals surface area contributed by atoms with Crippen molar-refractivity contribution in [2.45, 2.75) is 64.4 Å². The smallest absolute Gasteiger partial charge is 0.190 e. The summed E-state index contributed by atoms with van der Waals surface area (Å²) >= 11 is 1.80. The number of thiazole rings is 1. The summed E-state index contributed by atoms with van der Waals surface area (Å²) in [7, 11) is 1.81. The second kappa shape index (κ2) is 11.4. The maximum absolute atomic E-state index is 5.94. The molecule has 2 N–H and O–H groups in total. The van der Waals surface area contributed by atoms with E-state index in [2.05, 4.69) is 27.5 Å². The van der Waals surface area contributed by atoms with Crippen LogP contribution in [0, 0.1) is 0 Å². The third-order valence-corrected chi connectivity index (χ3v) is 5.53. The van der Waals surface area contributed by atoms with Crippen LogP contribution in [0.2, 0.25) is 0 Å². The van der Waals surface area contributed by atoms with Crippen LogP contribution in [0.3, 0.4) is 0 Å². The van der Waals surface area contributed by atoms with Gasteiger partial charge in [-0.25, -0.2) is 4.98 Å². The predicted octanol–water partition coefficient (Wildman–Crippen LogP) is 3.15. The number of aliphatic imine (C=N–C) groups is 1. The number of aromatic nitrogens is 1. The van der Waals surface area contributed by atoms with Crippen LogP contribution in [0.25, 0.3) is 0 Å². The van der Waals surface area contributed by atoms with Crippen LogP contribution in [-0.2, 0) is 17.6 Å². The van der Waals surface area contributed by atoms with E-state index >= 15 is 0 Å². The van der Waals surface area contributed by atoms with Gasteiger partial charge >= 0.3 is 0 Å². The molecule has 5 nitrogen and oxygen atoms in total. The minimum Gasteiger partial charge on any atom is -0.378 e. The molecule has 1 aromatic rings. The first-order valence-electron chi connectivity index (χ1n) is 9.31. The van der Waals surface area contributed by atoms with Crippen molar-refractivity contribution in [1.82, 2.24) is 15.6 Å². The molecular formula is C18H32N4OS. The second-order valence-corrected chi connectivity index (χ2v) is 7.43. The highest BCUT2D eigenvalue weighted by Gasteiger charge is 2.12. The monoisotopic (exact) mass is 352 g/mol. The lowest BCUT2D eigenvalue weighted by Gasteiger charge is -2.22. The summed E-state index contributed by atoms with van der Waals surface area (Å²) in [4.78, 5) is 10.1. The lowest BCUT2D eigenvalue weighted by Crippen LogP contribution is -2.39. The van der Waals surface area contributed by atoms with Gasteiger partial charge in [-0.1, -0.05) is 26.2 Å². The molecule has 24 heavy (non-hydrogen) atoms. The fourth-order valence-corrected chi connectivity index (χ4v) is 3.76. The van der Waals surface area contributed by atoms with Crippen LogP contribution in [0.1, 0.15) is 55.3 Å². The number of nitrogens with one attached hydrogen (secondary N) is 2. The van der Waals surface area contributed by atoms with Gasteiger partial charge in [0, 0.05) is 44.2 Å². The summed E-state index contributed by atoms with van der Waals surface area (Å²) < 4.78 is 5.94. The number of rotatable bonds is 9. The van der Waals surface area contributed by atoms with Gasteiger partial charge in [0.1, 0.15) is 0 Å². The van der Waals surface area contributed by atoms with E-state index in [0.717, 1.165) is 44.9 Å². The zero-order chi connectivity index (χ0) is 17.0. The van der Waals surface area contributed by atoms with Gasteiger partial charge in [-0.05, 0) is 25.7 Å². The average molecular weight is 353 g/mol. The molecule has 1 heterocycles. The first kappa shape index (κ1) is 19.2. The standard InChI is InChI=1S/C18H32N4OS/c1-3-16-14-22-17(24-16)10-12-21-18(19-2)20-11-7-13-23-15-8-5-4-6-9-15/h14-15H,3-13H2,1-2H3,(H2,19,20,21). The second-order valence-electron chi connectivity index (χ2n) is 6.23. The van der Waals surface area contributed by atoms with Crippen molar-refractivity contribution < 1.29 is 4.74 Å². The molecule has 0 aromatic carbocycles. The molecule has 0 amide bonds. The number of ether oxygens (including phenoxy) is 1. The third kappa shape index (κ3) is 7.18. The summed E-state index contributed by atoms with van der Waals surface area (Å²) in [6.07, 6.45) is 12.0. The normalized spacial score (nSPS) is 16.3. The van der Waals surface area contributed by atoms with E-state index in [4.69, 9.17) is 4.74 Å². The molecule has 1 aliphatic rings. The lowest BCUT2D eigenvalue weighted by molar-refractivity contribution is 0.0277. The number of hydrogen-bond acceptors (Lipinski definition) is 4. The van der Waals surface area contributed by atoms with Gasteiger partial charge in [-0.3, -0.25) is 4.99 Å². The van der Waals surface area contributed by atoms with Gasteiger partial charge in [0.15, 0.2) is 5.96 Å². The Morgan fingerprint density at radius 2 is 2.08 bits per heavy atom. The Labute approximate surface area is 150 Å². The summed E-state index contributed by atoms with van der Waals surface area (Å²) in [5, 5.41) is 7.89. The van der Waals surface area contributed by atoms with Crippen molar-refractivity contribution in [3.63, 3.8) is 0 Å². The fraction of sp³-hybridized carbons (Fsp3) is 0.778. The van der Waals surface area contributed by atoms with E-state index in [1.165, 1.54) is 42.0 Å². The van der Waals surface area contributed by atoms with Gasteiger partial charge < -0.3 is 15.4 Å². The Morgan fingerprint density at radius 3 is 2.79 bits per heavy atom.